The zero-order chi connectivity index (χ0) is 14.7. The number of rotatable bonds is 3. The van der Waals surface area contributed by atoms with Gasteiger partial charge in [-0.2, -0.15) is 5.10 Å². The molecule has 1 aromatic heterocycles. The molecule has 0 atom stereocenters. The summed E-state index contributed by atoms with van der Waals surface area (Å²) in [5.74, 6) is -0.647. The van der Waals surface area contributed by atoms with Crippen LogP contribution >= 0.6 is 11.6 Å². The van der Waals surface area contributed by atoms with Gasteiger partial charge < -0.3 is 4.74 Å². The molecule has 0 unspecified atom stereocenters. The average Bonchev–Trinajstić information content (AvgIpc) is 2.43. The third-order valence-corrected chi connectivity index (χ3v) is 2.95. The molecule has 2 rings (SSSR count). The van der Waals surface area contributed by atoms with E-state index in [4.69, 9.17) is 16.3 Å². The Morgan fingerprint density at radius 2 is 2.00 bits per heavy atom. The largest absolute Gasteiger partial charge is 0.462 e. The zero-order valence-electron chi connectivity index (χ0n) is 11.1. The number of nitrogens with zero attached hydrogens (tertiary/aromatic N) is 2. The van der Waals surface area contributed by atoms with Gasteiger partial charge in [0.1, 0.15) is 5.56 Å². The Kier molecular flexibility index (Phi) is 4.20. The number of hydrogen-bond acceptors (Lipinski definition) is 4. The Balaban J connectivity index is 2.53. The van der Waals surface area contributed by atoms with Gasteiger partial charge in [-0.05, 0) is 25.1 Å². The van der Waals surface area contributed by atoms with E-state index in [1.807, 2.05) is 0 Å². The molecule has 0 saturated heterocycles. The summed E-state index contributed by atoms with van der Waals surface area (Å²) in [5.41, 5.74) is 0.748. The summed E-state index contributed by atoms with van der Waals surface area (Å²) in [6, 6.07) is 8.40. The van der Waals surface area contributed by atoms with E-state index >= 15 is 0 Å². The number of benzene rings is 1. The van der Waals surface area contributed by atoms with Crippen molar-refractivity contribution in [3.8, 4) is 11.3 Å². The van der Waals surface area contributed by atoms with Crippen LogP contribution in [0.2, 0.25) is 5.02 Å². The van der Waals surface area contributed by atoms with Crippen LogP contribution in [0.1, 0.15) is 17.3 Å². The van der Waals surface area contributed by atoms with E-state index < -0.39 is 11.5 Å². The number of carbonyl (C=O) groups excluding carboxylic acids is 1. The highest BCUT2D eigenvalue weighted by molar-refractivity contribution is 6.30. The number of halogens is 1. The summed E-state index contributed by atoms with van der Waals surface area (Å²) in [4.78, 5) is 23.7. The Hall–Kier alpha value is -2.14. The van der Waals surface area contributed by atoms with Crippen LogP contribution in [0.5, 0.6) is 0 Å². The molecule has 104 valence electrons. The SMILES string of the molecule is CCOC(=O)c1cc(-c2ccc(Cl)cc2)nn(C)c1=O. The first-order valence-corrected chi connectivity index (χ1v) is 6.42. The number of hydrogen-bond donors (Lipinski definition) is 0. The van der Waals surface area contributed by atoms with Crippen LogP contribution in [-0.4, -0.2) is 22.4 Å². The van der Waals surface area contributed by atoms with E-state index in [0.29, 0.717) is 10.7 Å². The Morgan fingerprint density at radius 1 is 1.35 bits per heavy atom. The van der Waals surface area contributed by atoms with Crippen LogP contribution < -0.4 is 5.56 Å². The van der Waals surface area contributed by atoms with E-state index in [1.54, 1.807) is 31.2 Å². The lowest BCUT2D eigenvalue weighted by Crippen LogP contribution is -2.27. The first kappa shape index (κ1) is 14.3. The lowest BCUT2D eigenvalue weighted by molar-refractivity contribution is 0.0523. The van der Waals surface area contributed by atoms with Gasteiger partial charge in [0.05, 0.1) is 12.3 Å². The Bertz CT molecular complexity index is 693. The predicted molar refractivity (Wildman–Crippen MR) is 75.9 cm³/mol. The molecule has 1 aromatic carbocycles. The molecule has 0 fully saturated rings. The van der Waals surface area contributed by atoms with Gasteiger partial charge in [0.2, 0.25) is 0 Å². The first-order valence-electron chi connectivity index (χ1n) is 6.04. The van der Waals surface area contributed by atoms with Crippen LogP contribution in [0, 0.1) is 0 Å². The van der Waals surface area contributed by atoms with Crippen LogP contribution in [-0.2, 0) is 11.8 Å². The maximum Gasteiger partial charge on any atom is 0.343 e. The second kappa shape index (κ2) is 5.88. The summed E-state index contributed by atoms with van der Waals surface area (Å²) in [6.45, 7) is 1.89. The highest BCUT2D eigenvalue weighted by Gasteiger charge is 2.15. The second-order valence-electron chi connectivity index (χ2n) is 4.10. The van der Waals surface area contributed by atoms with Crippen LogP contribution in [0.25, 0.3) is 11.3 Å². The lowest BCUT2D eigenvalue weighted by Gasteiger charge is -2.07. The van der Waals surface area contributed by atoms with Crippen molar-refractivity contribution in [3.63, 3.8) is 0 Å². The second-order valence-corrected chi connectivity index (χ2v) is 4.54. The fourth-order valence-corrected chi connectivity index (χ4v) is 1.85. The average molecular weight is 293 g/mol. The van der Waals surface area contributed by atoms with Crippen molar-refractivity contribution < 1.29 is 9.53 Å². The van der Waals surface area contributed by atoms with Crippen molar-refractivity contribution in [2.24, 2.45) is 7.05 Å². The number of esters is 1. The molecule has 20 heavy (non-hydrogen) atoms. The molecule has 0 aliphatic carbocycles. The first-order chi connectivity index (χ1) is 9.52. The quantitative estimate of drug-likeness (QED) is 0.814. The number of ether oxygens (including phenoxy) is 1. The molecule has 0 aliphatic rings. The van der Waals surface area contributed by atoms with Gasteiger partial charge in [0.15, 0.2) is 0 Å². The molecular formula is C14H13ClN2O3. The molecule has 1 heterocycles. The standard InChI is InChI=1S/C14H13ClN2O3/c1-3-20-14(19)11-8-12(16-17(2)13(11)18)9-4-6-10(15)7-5-9/h4-8H,3H2,1-2H3. The zero-order valence-corrected chi connectivity index (χ0v) is 11.8. The Morgan fingerprint density at radius 3 is 2.60 bits per heavy atom. The minimum absolute atomic E-state index is 0.0331. The van der Waals surface area contributed by atoms with Crippen molar-refractivity contribution >= 4 is 17.6 Å². The van der Waals surface area contributed by atoms with E-state index in [1.165, 1.54) is 13.1 Å². The minimum Gasteiger partial charge on any atom is -0.462 e. The monoisotopic (exact) mass is 292 g/mol. The molecule has 0 saturated carbocycles. The van der Waals surface area contributed by atoms with Crippen molar-refractivity contribution in [1.29, 1.82) is 0 Å². The van der Waals surface area contributed by atoms with Crippen molar-refractivity contribution in [3.05, 3.63) is 51.3 Å². The number of aryl methyl sites for hydroxylation is 1. The van der Waals surface area contributed by atoms with Crippen LogP contribution in [0.3, 0.4) is 0 Å². The van der Waals surface area contributed by atoms with Gasteiger partial charge in [-0.1, -0.05) is 23.7 Å². The maximum atomic E-state index is 11.9. The van der Waals surface area contributed by atoms with Crippen molar-refractivity contribution in [1.82, 2.24) is 9.78 Å². The molecule has 5 nitrogen and oxygen atoms in total. The molecular weight excluding hydrogens is 280 g/mol. The summed E-state index contributed by atoms with van der Waals surface area (Å²) >= 11 is 5.83. The van der Waals surface area contributed by atoms with Gasteiger partial charge in [0.25, 0.3) is 5.56 Å². The smallest absolute Gasteiger partial charge is 0.343 e. The Labute approximate surface area is 120 Å². The van der Waals surface area contributed by atoms with Crippen LogP contribution in [0.4, 0.5) is 0 Å². The fraction of sp³-hybridized carbons (Fsp3) is 0.214. The summed E-state index contributed by atoms with van der Waals surface area (Å²) in [6.07, 6.45) is 0. The van der Waals surface area contributed by atoms with Gasteiger partial charge >= 0.3 is 5.97 Å². The maximum absolute atomic E-state index is 11.9. The summed E-state index contributed by atoms with van der Waals surface area (Å²) < 4.78 is 5.99. The number of aromatic nitrogens is 2. The van der Waals surface area contributed by atoms with Gasteiger partial charge in [-0.25, -0.2) is 9.48 Å². The molecule has 0 amide bonds. The van der Waals surface area contributed by atoms with Gasteiger partial charge in [-0.3, -0.25) is 4.79 Å². The summed E-state index contributed by atoms with van der Waals surface area (Å²) in [7, 11) is 1.49. The van der Waals surface area contributed by atoms with Crippen molar-refractivity contribution in [2.45, 2.75) is 6.92 Å². The lowest BCUT2D eigenvalue weighted by atomic mass is 10.1. The molecule has 0 aliphatic heterocycles. The van der Waals surface area contributed by atoms with E-state index in [0.717, 1.165) is 10.2 Å². The molecule has 6 heteroatoms. The molecule has 0 N–H and O–H groups in total. The summed E-state index contributed by atoms with van der Waals surface area (Å²) in [5, 5.41) is 4.73. The predicted octanol–water partition coefficient (Wildman–Crippen LogP) is 2.28. The molecule has 0 bridgehead atoms. The van der Waals surface area contributed by atoms with Gasteiger partial charge in [0, 0.05) is 17.6 Å². The highest BCUT2D eigenvalue weighted by Crippen LogP contribution is 2.19. The van der Waals surface area contributed by atoms with E-state index in [-0.39, 0.29) is 12.2 Å². The highest BCUT2D eigenvalue weighted by atomic mass is 35.5. The number of carbonyl (C=O) groups is 1. The van der Waals surface area contributed by atoms with Gasteiger partial charge in [-0.15, -0.1) is 0 Å². The van der Waals surface area contributed by atoms with Crippen molar-refractivity contribution in [2.75, 3.05) is 6.61 Å². The minimum atomic E-state index is -0.647. The molecule has 2 aromatic rings. The molecule has 0 radical (unpaired) electrons. The normalized spacial score (nSPS) is 10.3. The third kappa shape index (κ3) is 2.88. The fourth-order valence-electron chi connectivity index (χ4n) is 1.73. The molecule has 0 spiro atoms. The van der Waals surface area contributed by atoms with Crippen LogP contribution in [0.15, 0.2) is 35.1 Å². The van der Waals surface area contributed by atoms with E-state index in [2.05, 4.69) is 5.10 Å². The third-order valence-electron chi connectivity index (χ3n) is 2.70. The topological polar surface area (TPSA) is 61.2 Å². The van der Waals surface area contributed by atoms with E-state index in [9.17, 15) is 9.59 Å².